The van der Waals surface area contributed by atoms with Gasteiger partial charge in [0.25, 0.3) is 0 Å². The van der Waals surface area contributed by atoms with Gasteiger partial charge in [-0.1, -0.05) is 36.3 Å². The second kappa shape index (κ2) is 6.96. The summed E-state index contributed by atoms with van der Waals surface area (Å²) < 4.78 is 10.4. The van der Waals surface area contributed by atoms with Gasteiger partial charge in [-0.05, 0) is 36.2 Å². The normalized spacial score (nSPS) is 10.5. The van der Waals surface area contributed by atoms with E-state index in [9.17, 15) is 0 Å². The molecule has 118 valence electrons. The molecule has 1 N–H and O–H groups in total. The van der Waals surface area contributed by atoms with Crippen molar-refractivity contribution in [1.29, 1.82) is 0 Å². The number of aromatic nitrogens is 2. The minimum absolute atomic E-state index is 0.479. The monoisotopic (exact) mass is 309 g/mol. The Labute approximate surface area is 135 Å². The van der Waals surface area contributed by atoms with Crippen molar-refractivity contribution >= 4 is 5.69 Å². The Morgan fingerprint density at radius 2 is 1.78 bits per heavy atom. The largest absolute Gasteiger partial charge is 0.497 e. The summed E-state index contributed by atoms with van der Waals surface area (Å²) in [6.45, 7) is 2.61. The minimum Gasteiger partial charge on any atom is -0.497 e. The van der Waals surface area contributed by atoms with Crippen LogP contribution >= 0.6 is 0 Å². The molecule has 0 radical (unpaired) electrons. The molecule has 0 fully saturated rings. The molecule has 0 aliphatic carbocycles. The van der Waals surface area contributed by atoms with E-state index in [2.05, 4.69) is 34.5 Å². The van der Waals surface area contributed by atoms with Crippen molar-refractivity contribution in [1.82, 2.24) is 10.1 Å². The van der Waals surface area contributed by atoms with Gasteiger partial charge >= 0.3 is 0 Å². The van der Waals surface area contributed by atoms with Gasteiger partial charge in [-0.15, -0.1) is 0 Å². The second-order valence-corrected chi connectivity index (χ2v) is 5.14. The Balaban J connectivity index is 1.64. The van der Waals surface area contributed by atoms with Gasteiger partial charge in [0, 0.05) is 11.3 Å². The zero-order valence-electron chi connectivity index (χ0n) is 13.2. The Hall–Kier alpha value is -2.82. The molecule has 0 aliphatic heterocycles. The summed E-state index contributed by atoms with van der Waals surface area (Å²) in [5, 5.41) is 7.28. The highest BCUT2D eigenvalue weighted by atomic mass is 16.5. The lowest BCUT2D eigenvalue weighted by Crippen LogP contribution is -1.99. The van der Waals surface area contributed by atoms with E-state index >= 15 is 0 Å². The lowest BCUT2D eigenvalue weighted by atomic mass is 10.1. The molecule has 0 bridgehead atoms. The molecule has 3 aromatic rings. The number of hydrogen-bond acceptors (Lipinski definition) is 5. The van der Waals surface area contributed by atoms with Crippen molar-refractivity contribution in [3.63, 3.8) is 0 Å². The molecule has 0 spiro atoms. The van der Waals surface area contributed by atoms with Crippen LogP contribution in [0.15, 0.2) is 53.1 Å². The molecule has 1 aromatic heterocycles. The number of rotatable bonds is 6. The predicted molar refractivity (Wildman–Crippen MR) is 89.4 cm³/mol. The summed E-state index contributed by atoms with van der Waals surface area (Å²) in [5.41, 5.74) is 3.22. The van der Waals surface area contributed by atoms with Gasteiger partial charge in [0.15, 0.2) is 0 Å². The Kier molecular flexibility index (Phi) is 4.57. The van der Waals surface area contributed by atoms with Crippen LogP contribution in [0, 0.1) is 0 Å². The van der Waals surface area contributed by atoms with Gasteiger partial charge in [0.2, 0.25) is 11.7 Å². The van der Waals surface area contributed by atoms with Crippen molar-refractivity contribution in [3.05, 3.63) is 60.0 Å². The number of aryl methyl sites for hydroxylation is 1. The number of nitrogens with zero attached hydrogens (tertiary/aromatic N) is 2. The first-order valence-corrected chi connectivity index (χ1v) is 7.58. The van der Waals surface area contributed by atoms with Crippen molar-refractivity contribution < 1.29 is 9.26 Å². The van der Waals surface area contributed by atoms with E-state index < -0.39 is 0 Å². The summed E-state index contributed by atoms with van der Waals surface area (Å²) >= 11 is 0. The van der Waals surface area contributed by atoms with Crippen LogP contribution in [0.3, 0.4) is 0 Å². The van der Waals surface area contributed by atoms with Gasteiger partial charge < -0.3 is 14.6 Å². The SMILES string of the molecule is CCc1ccc(-c2noc(CNc3ccc(OC)cc3)n2)cc1. The molecular formula is C18H19N3O2. The van der Waals surface area contributed by atoms with Crippen LogP contribution in [0.4, 0.5) is 5.69 Å². The highest BCUT2D eigenvalue weighted by Gasteiger charge is 2.08. The smallest absolute Gasteiger partial charge is 0.246 e. The maximum absolute atomic E-state index is 5.29. The van der Waals surface area contributed by atoms with Gasteiger partial charge in [-0.2, -0.15) is 4.98 Å². The third-order valence-corrected chi connectivity index (χ3v) is 3.62. The standard InChI is InChI=1S/C18H19N3O2/c1-3-13-4-6-14(7-5-13)18-20-17(23-21-18)12-19-15-8-10-16(22-2)11-9-15/h4-11,19H,3,12H2,1-2H3. The fraction of sp³-hybridized carbons (Fsp3) is 0.222. The predicted octanol–water partition coefficient (Wildman–Crippen LogP) is 3.92. The van der Waals surface area contributed by atoms with E-state index in [0.717, 1.165) is 23.4 Å². The maximum atomic E-state index is 5.29. The lowest BCUT2D eigenvalue weighted by Gasteiger charge is -2.04. The van der Waals surface area contributed by atoms with Crippen LogP contribution in [0.5, 0.6) is 5.75 Å². The molecule has 0 saturated carbocycles. The van der Waals surface area contributed by atoms with Crippen molar-refractivity contribution in [2.75, 3.05) is 12.4 Å². The highest BCUT2D eigenvalue weighted by molar-refractivity contribution is 5.54. The number of benzene rings is 2. The molecule has 0 aliphatic rings. The fourth-order valence-corrected chi connectivity index (χ4v) is 2.22. The second-order valence-electron chi connectivity index (χ2n) is 5.14. The molecule has 0 saturated heterocycles. The first kappa shape index (κ1) is 15.1. The van der Waals surface area contributed by atoms with Gasteiger partial charge in [0.05, 0.1) is 13.7 Å². The van der Waals surface area contributed by atoms with E-state index in [1.807, 2.05) is 36.4 Å². The summed E-state index contributed by atoms with van der Waals surface area (Å²) in [7, 11) is 1.65. The topological polar surface area (TPSA) is 60.2 Å². The molecule has 5 nitrogen and oxygen atoms in total. The molecule has 0 amide bonds. The summed E-state index contributed by atoms with van der Waals surface area (Å²) in [5.74, 6) is 1.99. The molecule has 1 heterocycles. The molecule has 0 unspecified atom stereocenters. The van der Waals surface area contributed by atoms with E-state index in [0.29, 0.717) is 18.3 Å². The summed E-state index contributed by atoms with van der Waals surface area (Å²) in [6.07, 6.45) is 1.02. The van der Waals surface area contributed by atoms with E-state index in [4.69, 9.17) is 9.26 Å². The summed E-state index contributed by atoms with van der Waals surface area (Å²) in [6, 6.07) is 15.9. The van der Waals surface area contributed by atoms with Crippen LogP contribution in [0.25, 0.3) is 11.4 Å². The number of ether oxygens (including phenoxy) is 1. The Bertz CT molecular complexity index is 749. The first-order chi connectivity index (χ1) is 11.3. The molecule has 5 heteroatoms. The van der Waals surface area contributed by atoms with Crippen molar-refractivity contribution in [2.24, 2.45) is 0 Å². The van der Waals surface area contributed by atoms with Crippen LogP contribution in [0.2, 0.25) is 0 Å². The first-order valence-electron chi connectivity index (χ1n) is 7.58. The molecular weight excluding hydrogens is 290 g/mol. The van der Waals surface area contributed by atoms with Crippen LogP contribution in [-0.2, 0) is 13.0 Å². The Morgan fingerprint density at radius 3 is 2.43 bits per heavy atom. The van der Waals surface area contributed by atoms with E-state index in [1.54, 1.807) is 7.11 Å². The third kappa shape index (κ3) is 3.69. The van der Waals surface area contributed by atoms with Gasteiger partial charge in [0.1, 0.15) is 5.75 Å². The highest BCUT2D eigenvalue weighted by Crippen LogP contribution is 2.18. The average Bonchev–Trinajstić information content (AvgIpc) is 3.09. The quantitative estimate of drug-likeness (QED) is 0.748. The number of nitrogens with one attached hydrogen (secondary N) is 1. The molecule has 23 heavy (non-hydrogen) atoms. The number of methoxy groups -OCH3 is 1. The van der Waals surface area contributed by atoms with Crippen LogP contribution in [-0.4, -0.2) is 17.3 Å². The van der Waals surface area contributed by atoms with E-state index in [1.165, 1.54) is 5.56 Å². The lowest BCUT2D eigenvalue weighted by molar-refractivity contribution is 0.384. The van der Waals surface area contributed by atoms with E-state index in [-0.39, 0.29) is 0 Å². The van der Waals surface area contributed by atoms with Crippen molar-refractivity contribution in [2.45, 2.75) is 19.9 Å². The number of anilines is 1. The average molecular weight is 309 g/mol. The minimum atomic E-state index is 0.479. The maximum Gasteiger partial charge on any atom is 0.246 e. The number of hydrogen-bond donors (Lipinski definition) is 1. The van der Waals surface area contributed by atoms with Crippen LogP contribution in [0.1, 0.15) is 18.4 Å². The van der Waals surface area contributed by atoms with Gasteiger partial charge in [-0.25, -0.2) is 0 Å². The molecule has 3 rings (SSSR count). The fourth-order valence-electron chi connectivity index (χ4n) is 2.22. The molecule has 2 aromatic carbocycles. The summed E-state index contributed by atoms with van der Waals surface area (Å²) in [4.78, 5) is 4.42. The Morgan fingerprint density at radius 1 is 1.04 bits per heavy atom. The zero-order valence-corrected chi connectivity index (χ0v) is 13.2. The van der Waals surface area contributed by atoms with Crippen molar-refractivity contribution in [3.8, 4) is 17.1 Å². The van der Waals surface area contributed by atoms with Gasteiger partial charge in [-0.3, -0.25) is 0 Å². The zero-order chi connectivity index (χ0) is 16.1. The third-order valence-electron chi connectivity index (χ3n) is 3.62. The van der Waals surface area contributed by atoms with Crippen LogP contribution < -0.4 is 10.1 Å². The molecule has 0 atom stereocenters.